The average Bonchev–Trinajstić information content (AvgIpc) is 3.47. The molecule has 31 heavy (non-hydrogen) atoms. The molecule has 1 saturated heterocycles. The molecule has 1 atom stereocenters. The van der Waals surface area contributed by atoms with E-state index < -0.39 is 5.72 Å². The van der Waals surface area contributed by atoms with Gasteiger partial charge in [0.25, 0.3) is 0 Å². The first-order chi connectivity index (χ1) is 15.2. The molecule has 0 aliphatic carbocycles. The number of thiophene rings is 1. The first kappa shape index (κ1) is 19.4. The Morgan fingerprint density at radius 3 is 2.68 bits per heavy atom. The maximum absolute atomic E-state index is 6.73. The van der Waals surface area contributed by atoms with E-state index in [1.807, 2.05) is 12.1 Å². The van der Waals surface area contributed by atoms with Crippen LogP contribution in [0.1, 0.15) is 41.3 Å². The van der Waals surface area contributed by atoms with Crippen molar-refractivity contribution in [3.63, 3.8) is 0 Å². The van der Waals surface area contributed by atoms with Crippen molar-refractivity contribution in [3.8, 4) is 5.75 Å². The zero-order valence-electron chi connectivity index (χ0n) is 17.2. The number of hydrazone groups is 1. The van der Waals surface area contributed by atoms with Gasteiger partial charge in [0.2, 0.25) is 5.72 Å². The van der Waals surface area contributed by atoms with Gasteiger partial charge in [0.05, 0.1) is 16.6 Å². The van der Waals surface area contributed by atoms with E-state index in [2.05, 4.69) is 63.8 Å². The zero-order chi connectivity index (χ0) is 20.8. The minimum Gasteiger partial charge on any atom is -0.466 e. The van der Waals surface area contributed by atoms with Gasteiger partial charge in [-0.2, -0.15) is 5.10 Å². The van der Waals surface area contributed by atoms with Crippen molar-refractivity contribution >= 4 is 28.6 Å². The van der Waals surface area contributed by atoms with Crippen LogP contribution in [0.2, 0.25) is 5.02 Å². The van der Waals surface area contributed by atoms with Crippen LogP contribution in [0.25, 0.3) is 0 Å². The second kappa shape index (κ2) is 7.66. The summed E-state index contributed by atoms with van der Waals surface area (Å²) in [6.07, 6.45) is 2.76. The molecule has 0 bridgehead atoms. The molecule has 3 aliphatic rings. The molecule has 1 spiro atoms. The average molecular weight is 450 g/mol. The number of likely N-dealkylation sites (tertiary alicyclic amines) is 1. The Morgan fingerprint density at radius 1 is 1.06 bits per heavy atom. The summed E-state index contributed by atoms with van der Waals surface area (Å²) >= 11 is 8.11. The Balaban J connectivity index is 1.30. The first-order valence-electron chi connectivity index (χ1n) is 10.9. The molecule has 4 nitrogen and oxygen atoms in total. The van der Waals surface area contributed by atoms with Gasteiger partial charge in [-0.25, -0.2) is 5.01 Å². The Kier molecular flexibility index (Phi) is 4.78. The van der Waals surface area contributed by atoms with Crippen molar-refractivity contribution in [2.75, 3.05) is 13.1 Å². The summed E-state index contributed by atoms with van der Waals surface area (Å²) in [5.74, 6) is 0.963. The van der Waals surface area contributed by atoms with Gasteiger partial charge in [-0.1, -0.05) is 48.0 Å². The predicted octanol–water partition coefficient (Wildman–Crippen LogP) is 5.94. The monoisotopic (exact) mass is 449 g/mol. The molecule has 158 valence electrons. The normalized spacial score (nSPS) is 22.0. The molecule has 6 rings (SSSR count). The van der Waals surface area contributed by atoms with Crippen molar-refractivity contribution in [1.29, 1.82) is 0 Å². The molecule has 2 aromatic carbocycles. The van der Waals surface area contributed by atoms with Crippen molar-refractivity contribution in [3.05, 3.63) is 87.1 Å². The van der Waals surface area contributed by atoms with E-state index in [1.54, 1.807) is 11.3 Å². The number of benzene rings is 2. The van der Waals surface area contributed by atoms with E-state index in [9.17, 15) is 0 Å². The van der Waals surface area contributed by atoms with E-state index >= 15 is 0 Å². The Hall–Kier alpha value is -2.34. The van der Waals surface area contributed by atoms with Gasteiger partial charge < -0.3 is 4.74 Å². The molecule has 1 fully saturated rings. The van der Waals surface area contributed by atoms with Crippen molar-refractivity contribution in [2.24, 2.45) is 5.10 Å². The fourth-order valence-corrected chi connectivity index (χ4v) is 5.98. The summed E-state index contributed by atoms with van der Waals surface area (Å²) in [7, 11) is 0. The molecule has 4 heterocycles. The molecule has 3 aromatic rings. The lowest BCUT2D eigenvalue weighted by atomic mass is 9.91. The van der Waals surface area contributed by atoms with Gasteiger partial charge in [-0.15, -0.1) is 11.3 Å². The molecule has 0 radical (unpaired) electrons. The lowest BCUT2D eigenvalue weighted by Gasteiger charge is -2.51. The third-order valence-electron chi connectivity index (χ3n) is 6.65. The second-order valence-corrected chi connectivity index (χ2v) is 9.96. The molecule has 0 amide bonds. The quantitative estimate of drug-likeness (QED) is 0.495. The van der Waals surface area contributed by atoms with Gasteiger partial charge >= 0.3 is 0 Å². The highest BCUT2D eigenvalue weighted by molar-refractivity contribution is 7.12. The summed E-state index contributed by atoms with van der Waals surface area (Å²) in [5, 5.41) is 10.3. The van der Waals surface area contributed by atoms with Crippen molar-refractivity contribution in [2.45, 2.75) is 37.6 Å². The molecule has 0 saturated carbocycles. The van der Waals surface area contributed by atoms with E-state index in [1.165, 1.54) is 10.4 Å². The second-order valence-electron chi connectivity index (χ2n) is 8.58. The maximum atomic E-state index is 6.73. The largest absolute Gasteiger partial charge is 0.466 e. The lowest BCUT2D eigenvalue weighted by molar-refractivity contribution is -0.150. The summed E-state index contributed by atoms with van der Waals surface area (Å²) in [4.78, 5) is 3.77. The number of nitrogens with zero attached hydrogens (tertiary/aromatic N) is 3. The van der Waals surface area contributed by atoms with Gasteiger partial charge in [0.1, 0.15) is 5.75 Å². The number of hydrogen-bond donors (Lipinski definition) is 0. The predicted molar refractivity (Wildman–Crippen MR) is 126 cm³/mol. The van der Waals surface area contributed by atoms with Crippen LogP contribution >= 0.6 is 22.9 Å². The van der Waals surface area contributed by atoms with Crippen LogP contribution in [0.15, 0.2) is 71.1 Å². The van der Waals surface area contributed by atoms with Crippen LogP contribution in [0, 0.1) is 0 Å². The smallest absolute Gasteiger partial charge is 0.200 e. The van der Waals surface area contributed by atoms with E-state index in [0.29, 0.717) is 0 Å². The van der Waals surface area contributed by atoms with Crippen molar-refractivity contribution in [1.82, 2.24) is 9.91 Å². The number of rotatable bonds is 3. The topological polar surface area (TPSA) is 28.1 Å². The fraction of sp³-hybridized carbons (Fsp3) is 0.320. The van der Waals surface area contributed by atoms with Crippen LogP contribution in [0.5, 0.6) is 5.75 Å². The van der Waals surface area contributed by atoms with E-state index in [-0.39, 0.29) is 6.04 Å². The molecular weight excluding hydrogens is 426 g/mol. The SMILES string of the molecule is Clc1ccc2c(c1)[C@@H]1CC(c3cccs3)=NN1C1(CCN(Cc3ccccc3)CC1)O2. The minimum atomic E-state index is -0.391. The number of piperidine rings is 1. The van der Waals surface area contributed by atoms with Crippen LogP contribution in [0.4, 0.5) is 0 Å². The molecular formula is C25H24ClN3OS. The van der Waals surface area contributed by atoms with Crippen LogP contribution in [0.3, 0.4) is 0 Å². The van der Waals surface area contributed by atoms with Gasteiger partial charge in [-0.05, 0) is 35.2 Å². The Morgan fingerprint density at radius 2 is 1.90 bits per heavy atom. The van der Waals surface area contributed by atoms with Gasteiger partial charge in [0.15, 0.2) is 0 Å². The van der Waals surface area contributed by atoms with Crippen LogP contribution < -0.4 is 4.74 Å². The third-order valence-corrected chi connectivity index (χ3v) is 7.80. The fourth-order valence-electron chi connectivity index (χ4n) is 5.08. The first-order valence-corrected chi connectivity index (χ1v) is 12.1. The summed E-state index contributed by atoms with van der Waals surface area (Å²) in [5.41, 5.74) is 3.28. The summed E-state index contributed by atoms with van der Waals surface area (Å²) in [6, 6.07) is 21.2. The number of hydrogen-bond acceptors (Lipinski definition) is 5. The van der Waals surface area contributed by atoms with Crippen LogP contribution in [-0.4, -0.2) is 34.4 Å². The minimum absolute atomic E-state index is 0.181. The van der Waals surface area contributed by atoms with E-state index in [0.717, 1.165) is 60.9 Å². The lowest BCUT2D eigenvalue weighted by Crippen LogP contribution is -2.59. The number of halogens is 1. The molecule has 6 heteroatoms. The molecule has 3 aliphatic heterocycles. The number of fused-ring (bicyclic) bond motifs is 4. The Bertz CT molecular complexity index is 1110. The molecule has 0 unspecified atom stereocenters. The zero-order valence-corrected chi connectivity index (χ0v) is 18.8. The van der Waals surface area contributed by atoms with Gasteiger partial charge in [0, 0.05) is 49.5 Å². The molecule has 0 N–H and O–H groups in total. The highest BCUT2D eigenvalue weighted by Gasteiger charge is 2.51. The Labute approximate surface area is 191 Å². The standard InChI is InChI=1S/C25H24ClN3OS/c26-19-8-9-23-20(15-19)22-16-21(24-7-4-14-31-24)27-29(22)25(30-23)10-12-28(13-11-25)17-18-5-2-1-3-6-18/h1-9,14-15,22H,10-13,16-17H2/t22-/m0/s1. The third kappa shape index (κ3) is 3.45. The van der Waals surface area contributed by atoms with Crippen molar-refractivity contribution < 1.29 is 4.74 Å². The van der Waals surface area contributed by atoms with Gasteiger partial charge in [-0.3, -0.25) is 4.90 Å². The maximum Gasteiger partial charge on any atom is 0.200 e. The highest BCUT2D eigenvalue weighted by Crippen LogP contribution is 2.50. The summed E-state index contributed by atoms with van der Waals surface area (Å²) in [6.45, 7) is 2.96. The van der Waals surface area contributed by atoms with E-state index in [4.69, 9.17) is 21.4 Å². The highest BCUT2D eigenvalue weighted by atomic mass is 35.5. The molecule has 1 aromatic heterocycles. The van der Waals surface area contributed by atoms with Crippen LogP contribution in [-0.2, 0) is 6.54 Å². The summed E-state index contributed by atoms with van der Waals surface area (Å²) < 4.78 is 6.73. The number of ether oxygens (including phenoxy) is 1.